The van der Waals surface area contributed by atoms with Crippen LogP contribution in [-0.4, -0.2) is 18.8 Å². The Morgan fingerprint density at radius 3 is 2.60 bits per heavy atom. The Hall–Kier alpha value is -0.315. The van der Waals surface area contributed by atoms with E-state index in [2.05, 4.69) is 40.0 Å². The molecule has 1 aliphatic heterocycles. The zero-order chi connectivity index (χ0) is 14.3. The molecule has 0 N–H and O–H groups in total. The molecule has 4 aliphatic rings. The van der Waals surface area contributed by atoms with Gasteiger partial charge in [0.15, 0.2) is 0 Å². The molecule has 0 amide bonds. The molecule has 4 heteroatoms. The van der Waals surface area contributed by atoms with Crippen molar-refractivity contribution in [2.45, 2.75) is 59.2 Å². The minimum atomic E-state index is -0.147. The Kier molecular flexibility index (Phi) is 2.61. The minimum Gasteiger partial charge on any atom is -0.401 e. The lowest BCUT2D eigenvalue weighted by atomic mass is 9.43. The first-order chi connectivity index (χ1) is 9.34. The maximum atomic E-state index is 6.53. The van der Waals surface area contributed by atoms with Crippen molar-refractivity contribution < 1.29 is 9.31 Å². The molecule has 2 heterocycles. The van der Waals surface area contributed by atoms with Crippen molar-refractivity contribution in [3.05, 3.63) is 15.8 Å². The summed E-state index contributed by atoms with van der Waals surface area (Å²) in [6, 6.07) is 0. The minimum absolute atomic E-state index is 0.0935. The third-order valence-corrected chi connectivity index (χ3v) is 7.45. The van der Waals surface area contributed by atoms with Gasteiger partial charge in [0, 0.05) is 4.88 Å². The summed E-state index contributed by atoms with van der Waals surface area (Å²) in [6.45, 7) is 11.4. The molecule has 0 aromatic carbocycles. The fourth-order valence-electron chi connectivity index (χ4n) is 4.92. The van der Waals surface area contributed by atoms with Crippen LogP contribution in [-0.2, 0) is 9.31 Å². The predicted octanol–water partition coefficient (Wildman–Crippen LogP) is 3.30. The summed E-state index contributed by atoms with van der Waals surface area (Å²) < 4.78 is 12.9. The van der Waals surface area contributed by atoms with Crippen molar-refractivity contribution in [3.8, 4) is 0 Å². The first kappa shape index (κ1) is 13.4. The molecule has 2 nitrogen and oxygen atoms in total. The lowest BCUT2D eigenvalue weighted by Crippen LogP contribution is -2.65. The highest BCUT2D eigenvalue weighted by Crippen LogP contribution is 2.65. The van der Waals surface area contributed by atoms with Crippen molar-refractivity contribution in [3.63, 3.8) is 0 Å². The van der Waals surface area contributed by atoms with Gasteiger partial charge in [0.2, 0.25) is 0 Å². The Balaban J connectivity index is 1.68. The van der Waals surface area contributed by atoms with E-state index in [4.69, 9.17) is 9.31 Å². The molecule has 3 aliphatic carbocycles. The van der Waals surface area contributed by atoms with Gasteiger partial charge >= 0.3 is 7.12 Å². The summed E-state index contributed by atoms with van der Waals surface area (Å²) in [5.74, 6) is 1.46. The highest BCUT2D eigenvalue weighted by Gasteiger charge is 2.68. The van der Waals surface area contributed by atoms with Gasteiger partial charge in [-0.25, -0.2) is 0 Å². The summed E-state index contributed by atoms with van der Waals surface area (Å²) in [5.41, 5.74) is 2.92. The van der Waals surface area contributed by atoms with E-state index in [0.29, 0.717) is 11.3 Å². The summed E-state index contributed by atoms with van der Waals surface area (Å²) in [5, 5.41) is 2.21. The number of thiophene rings is 1. The van der Waals surface area contributed by atoms with Crippen molar-refractivity contribution >= 4 is 23.9 Å². The summed E-state index contributed by atoms with van der Waals surface area (Å²) in [7, 11) is -0.147. The molecule has 108 valence electrons. The molecule has 3 saturated carbocycles. The Morgan fingerprint density at radius 1 is 1.25 bits per heavy atom. The lowest BCUT2D eigenvalue weighted by Gasteiger charge is -2.64. The Labute approximate surface area is 126 Å². The van der Waals surface area contributed by atoms with Crippen LogP contribution in [0.2, 0.25) is 0 Å². The van der Waals surface area contributed by atoms with Crippen LogP contribution >= 0.6 is 11.3 Å². The Bertz CT molecular complexity index is 547. The van der Waals surface area contributed by atoms with Crippen LogP contribution in [0.5, 0.6) is 0 Å². The van der Waals surface area contributed by atoms with Gasteiger partial charge in [0.05, 0.1) is 11.7 Å². The summed E-state index contributed by atoms with van der Waals surface area (Å²) in [6.07, 6.45) is 2.76. The van der Waals surface area contributed by atoms with Crippen LogP contribution in [0.15, 0.2) is 5.38 Å². The van der Waals surface area contributed by atoms with E-state index in [-0.39, 0.29) is 18.8 Å². The predicted molar refractivity (Wildman–Crippen MR) is 83.5 cm³/mol. The van der Waals surface area contributed by atoms with Crippen molar-refractivity contribution in [1.82, 2.24) is 0 Å². The number of hydrogen-bond donors (Lipinski definition) is 0. The molecule has 20 heavy (non-hydrogen) atoms. The monoisotopic (exact) mass is 290 g/mol. The van der Waals surface area contributed by atoms with Gasteiger partial charge in [0.1, 0.15) is 0 Å². The van der Waals surface area contributed by atoms with E-state index in [1.54, 1.807) is 11.3 Å². The quantitative estimate of drug-likeness (QED) is 0.739. The molecule has 4 fully saturated rings. The van der Waals surface area contributed by atoms with E-state index in [1.807, 2.05) is 0 Å². The van der Waals surface area contributed by atoms with Crippen LogP contribution in [0.3, 0.4) is 0 Å². The normalized spacial score (nSPS) is 41.5. The zero-order valence-electron chi connectivity index (χ0n) is 13.0. The average Bonchev–Trinajstić information content (AvgIpc) is 2.87. The third kappa shape index (κ3) is 1.48. The van der Waals surface area contributed by atoms with E-state index in [1.165, 1.54) is 28.7 Å². The number of hydrogen-bond acceptors (Lipinski definition) is 3. The maximum Gasteiger partial charge on any atom is 0.496 e. The standard InChI is InChI=1S/C16H23BO2S/c1-9-8-20-10(2)14(9)17-18-13-7-11-6-12(15(11,3)4)16(13,5)19-17/h8,11-13H,6-7H2,1-5H3/t11-,12+,13+,16+/m1/s1. The van der Waals surface area contributed by atoms with Crippen LogP contribution < -0.4 is 5.46 Å². The van der Waals surface area contributed by atoms with Crippen LogP contribution in [0.1, 0.15) is 44.1 Å². The smallest absolute Gasteiger partial charge is 0.401 e. The largest absolute Gasteiger partial charge is 0.496 e. The van der Waals surface area contributed by atoms with Gasteiger partial charge in [-0.2, -0.15) is 0 Å². The fraction of sp³-hybridized carbons (Fsp3) is 0.750. The molecule has 5 rings (SSSR count). The van der Waals surface area contributed by atoms with Crippen molar-refractivity contribution in [1.29, 1.82) is 0 Å². The fourth-order valence-corrected chi connectivity index (χ4v) is 5.79. The first-order valence-corrected chi connectivity index (χ1v) is 8.60. The highest BCUT2D eigenvalue weighted by molar-refractivity contribution is 7.11. The van der Waals surface area contributed by atoms with E-state index < -0.39 is 0 Å². The zero-order valence-corrected chi connectivity index (χ0v) is 13.8. The summed E-state index contributed by atoms with van der Waals surface area (Å²) in [4.78, 5) is 1.33. The highest BCUT2D eigenvalue weighted by atomic mass is 32.1. The van der Waals surface area contributed by atoms with Gasteiger partial charge in [-0.15, -0.1) is 11.3 Å². The Morgan fingerprint density at radius 2 is 2.00 bits per heavy atom. The molecule has 2 bridgehead atoms. The molecule has 4 atom stereocenters. The number of aryl methyl sites for hydroxylation is 2. The molecule has 0 radical (unpaired) electrons. The SMILES string of the molecule is Cc1csc(C)c1B1O[C@H]2C[C@H]3C[C@@H](C3(C)C)[C@]2(C)O1. The van der Waals surface area contributed by atoms with Gasteiger partial charge in [-0.05, 0) is 67.3 Å². The molecule has 1 aromatic heterocycles. The topological polar surface area (TPSA) is 18.5 Å². The molecule has 0 spiro atoms. The van der Waals surface area contributed by atoms with Crippen LogP contribution in [0, 0.1) is 31.1 Å². The van der Waals surface area contributed by atoms with E-state index in [9.17, 15) is 0 Å². The lowest BCUT2D eigenvalue weighted by molar-refractivity contribution is -0.199. The third-order valence-electron chi connectivity index (χ3n) is 6.40. The second-order valence-corrected chi connectivity index (χ2v) is 8.77. The summed E-state index contributed by atoms with van der Waals surface area (Å²) >= 11 is 1.80. The molecular formula is C16H23BO2S. The second-order valence-electron chi connectivity index (χ2n) is 7.69. The van der Waals surface area contributed by atoms with Gasteiger partial charge < -0.3 is 9.31 Å². The van der Waals surface area contributed by atoms with E-state index >= 15 is 0 Å². The molecule has 0 unspecified atom stereocenters. The van der Waals surface area contributed by atoms with Gasteiger partial charge in [-0.1, -0.05) is 13.8 Å². The average molecular weight is 290 g/mol. The second kappa shape index (κ2) is 3.90. The first-order valence-electron chi connectivity index (χ1n) is 7.72. The van der Waals surface area contributed by atoms with Crippen molar-refractivity contribution in [2.75, 3.05) is 0 Å². The molecular weight excluding hydrogens is 267 g/mol. The van der Waals surface area contributed by atoms with Crippen LogP contribution in [0.4, 0.5) is 0 Å². The molecule has 1 saturated heterocycles. The van der Waals surface area contributed by atoms with Gasteiger partial charge in [-0.3, -0.25) is 0 Å². The number of rotatable bonds is 1. The molecule has 1 aromatic rings. The maximum absolute atomic E-state index is 6.53. The van der Waals surface area contributed by atoms with Crippen molar-refractivity contribution in [2.24, 2.45) is 17.3 Å². The van der Waals surface area contributed by atoms with Crippen LogP contribution in [0.25, 0.3) is 0 Å². The van der Waals surface area contributed by atoms with Gasteiger partial charge in [0.25, 0.3) is 0 Å². The van der Waals surface area contributed by atoms with E-state index in [0.717, 1.165) is 5.92 Å².